The molecule has 0 saturated carbocycles. The first-order valence-electron chi connectivity index (χ1n) is 15.1. The van der Waals surface area contributed by atoms with Crippen molar-refractivity contribution in [1.82, 2.24) is 4.48 Å². The summed E-state index contributed by atoms with van der Waals surface area (Å²) in [5.41, 5.74) is 18.1. The highest BCUT2D eigenvalue weighted by atomic mass is 14.9. The fourth-order valence-corrected chi connectivity index (χ4v) is 8.80. The molecule has 0 radical (unpaired) electrons. The Labute approximate surface area is 246 Å². The average molecular weight is 533 g/mol. The molecule has 1 nitrogen and oxygen atoms in total. The predicted molar refractivity (Wildman–Crippen MR) is 177 cm³/mol. The topological polar surface area (TPSA) is 4.93 Å². The second-order valence-corrected chi connectivity index (χ2v) is 12.8. The van der Waals surface area contributed by atoms with Crippen LogP contribution in [0.25, 0.3) is 44.1 Å². The highest BCUT2D eigenvalue weighted by molar-refractivity contribution is 6.91. The van der Waals surface area contributed by atoms with E-state index < -0.39 is 0 Å². The van der Waals surface area contributed by atoms with Gasteiger partial charge in [0.2, 0.25) is 0 Å². The molecule has 0 bridgehead atoms. The maximum absolute atomic E-state index is 2.66. The first kappa shape index (κ1) is 22.8. The predicted octanol–water partition coefficient (Wildman–Crippen LogP) is 8.23. The molecule has 2 heteroatoms. The first-order valence-corrected chi connectivity index (χ1v) is 15.1. The number of hydrogen-bond acceptors (Lipinski definition) is 0. The Bertz CT molecular complexity index is 2290. The lowest BCUT2D eigenvalue weighted by atomic mass is 9.49. The van der Waals surface area contributed by atoms with Gasteiger partial charge in [0.15, 0.2) is 0 Å². The van der Waals surface area contributed by atoms with E-state index in [1.54, 1.807) is 0 Å². The van der Waals surface area contributed by atoms with Crippen molar-refractivity contribution < 1.29 is 0 Å². The SMILES string of the molecule is CC1(C)c2ccccc2C(c2ccccc2)c2cc3c(cc21)-c1cccc2c1B3n1c3ccccc3c3cccc-2c31. The van der Waals surface area contributed by atoms with Gasteiger partial charge in [-0.05, 0) is 61.5 Å². The minimum Gasteiger partial charge on any atom is -0.375 e. The molecular weight excluding hydrogens is 505 g/mol. The Kier molecular flexibility index (Phi) is 4.19. The maximum Gasteiger partial charge on any atom is 0.330 e. The number of para-hydroxylation sites is 2. The van der Waals surface area contributed by atoms with Gasteiger partial charge in [0.25, 0.3) is 0 Å². The third-order valence-corrected chi connectivity index (χ3v) is 10.5. The van der Waals surface area contributed by atoms with E-state index in [0.717, 1.165) is 0 Å². The zero-order valence-electron chi connectivity index (χ0n) is 23.7. The zero-order chi connectivity index (χ0) is 27.7. The smallest absolute Gasteiger partial charge is 0.330 e. The summed E-state index contributed by atoms with van der Waals surface area (Å²) in [6.45, 7) is 4.99. The Morgan fingerprint density at radius 2 is 1.26 bits per heavy atom. The number of hydrogen-bond donors (Lipinski definition) is 0. The number of benzene rings is 6. The average Bonchev–Trinajstić information content (AvgIpc) is 3.53. The number of aromatic nitrogens is 1. The summed E-state index contributed by atoms with van der Waals surface area (Å²) in [5.74, 6) is 0.205. The molecule has 6 aromatic carbocycles. The number of rotatable bonds is 1. The molecule has 0 fully saturated rings. The van der Waals surface area contributed by atoms with Crippen molar-refractivity contribution in [2.75, 3.05) is 0 Å². The van der Waals surface area contributed by atoms with Gasteiger partial charge in [0.1, 0.15) is 0 Å². The van der Waals surface area contributed by atoms with Crippen molar-refractivity contribution in [3.8, 4) is 22.3 Å². The molecule has 1 unspecified atom stereocenters. The van der Waals surface area contributed by atoms with Gasteiger partial charge < -0.3 is 4.48 Å². The molecule has 1 aliphatic carbocycles. The standard InChI is InChI=1S/C40H28BN/c1-40(2)33-20-8-6-15-30(33)37(24-12-4-3-5-13-24)32-23-35-31(22-34(32)40)27-17-10-16-26-29-19-11-18-28-25-14-7-9-21-36(25)42(39(28)29)41(35)38(26)27/h3-23,37H,1-2H3. The van der Waals surface area contributed by atoms with Crippen molar-refractivity contribution in [1.29, 1.82) is 0 Å². The van der Waals surface area contributed by atoms with E-state index in [4.69, 9.17) is 0 Å². The van der Waals surface area contributed by atoms with Crippen LogP contribution in [0.4, 0.5) is 0 Å². The summed E-state index contributed by atoms with van der Waals surface area (Å²) in [6, 6.07) is 48.2. The lowest BCUT2D eigenvalue weighted by Gasteiger charge is -2.40. The second kappa shape index (κ2) is 7.72. The molecule has 196 valence electrons. The number of nitrogens with zero attached hydrogens (tertiary/aromatic N) is 1. The molecule has 1 aromatic heterocycles. The molecule has 10 rings (SSSR count). The van der Waals surface area contributed by atoms with Crippen molar-refractivity contribution in [3.05, 3.63) is 155 Å². The summed E-state index contributed by atoms with van der Waals surface area (Å²) < 4.78 is 2.66. The summed E-state index contributed by atoms with van der Waals surface area (Å²) >= 11 is 0. The molecular formula is C40H28BN. The molecule has 7 aromatic rings. The molecule has 0 amide bonds. The highest BCUT2D eigenvalue weighted by Crippen LogP contribution is 2.51. The van der Waals surface area contributed by atoms with Crippen LogP contribution in [0, 0.1) is 0 Å². The van der Waals surface area contributed by atoms with Crippen LogP contribution in [0.15, 0.2) is 127 Å². The van der Waals surface area contributed by atoms with Gasteiger partial charge in [0.05, 0.1) is 0 Å². The maximum atomic E-state index is 2.66. The van der Waals surface area contributed by atoms with Gasteiger partial charge in [0, 0.05) is 38.7 Å². The fourth-order valence-electron chi connectivity index (χ4n) is 8.80. The first-order chi connectivity index (χ1) is 20.6. The lowest BCUT2D eigenvalue weighted by Crippen LogP contribution is -2.48. The van der Waals surface area contributed by atoms with Gasteiger partial charge in [-0.3, -0.25) is 0 Å². The van der Waals surface area contributed by atoms with Crippen LogP contribution in [-0.4, -0.2) is 11.3 Å². The van der Waals surface area contributed by atoms with Crippen LogP contribution in [0.2, 0.25) is 0 Å². The van der Waals surface area contributed by atoms with E-state index in [1.165, 1.54) is 82.8 Å². The van der Waals surface area contributed by atoms with Gasteiger partial charge in [-0.25, -0.2) is 0 Å². The third kappa shape index (κ3) is 2.62. The van der Waals surface area contributed by atoms with Crippen molar-refractivity contribution in [2.45, 2.75) is 25.2 Å². The molecule has 3 heterocycles. The highest BCUT2D eigenvalue weighted by Gasteiger charge is 2.45. The number of fused-ring (bicyclic) bond motifs is 10. The summed E-state index contributed by atoms with van der Waals surface area (Å²) in [7, 11) is 0. The van der Waals surface area contributed by atoms with E-state index in [2.05, 4.69) is 146 Å². The second-order valence-electron chi connectivity index (χ2n) is 12.8. The van der Waals surface area contributed by atoms with E-state index in [-0.39, 0.29) is 18.2 Å². The van der Waals surface area contributed by atoms with Crippen LogP contribution >= 0.6 is 0 Å². The summed E-state index contributed by atoms with van der Waals surface area (Å²) in [4.78, 5) is 0. The van der Waals surface area contributed by atoms with Gasteiger partial charge >= 0.3 is 6.85 Å². The van der Waals surface area contributed by atoms with Gasteiger partial charge in [-0.1, -0.05) is 135 Å². The Morgan fingerprint density at radius 3 is 2.14 bits per heavy atom. The molecule has 42 heavy (non-hydrogen) atoms. The van der Waals surface area contributed by atoms with E-state index >= 15 is 0 Å². The Morgan fingerprint density at radius 1 is 0.571 bits per heavy atom. The van der Waals surface area contributed by atoms with Crippen LogP contribution in [0.5, 0.6) is 0 Å². The van der Waals surface area contributed by atoms with Gasteiger partial charge in [-0.15, -0.1) is 0 Å². The van der Waals surface area contributed by atoms with Crippen molar-refractivity contribution in [3.63, 3.8) is 0 Å². The summed E-state index contributed by atoms with van der Waals surface area (Å²) in [5, 5.41) is 2.69. The molecule has 2 aliphatic heterocycles. The Balaban J connectivity index is 1.34. The minimum atomic E-state index is -0.0986. The van der Waals surface area contributed by atoms with Crippen LogP contribution in [0.3, 0.4) is 0 Å². The largest absolute Gasteiger partial charge is 0.375 e. The normalized spacial score (nSPS) is 16.7. The van der Waals surface area contributed by atoms with Gasteiger partial charge in [-0.2, -0.15) is 0 Å². The van der Waals surface area contributed by atoms with Crippen molar-refractivity contribution >= 4 is 39.6 Å². The zero-order valence-corrected chi connectivity index (χ0v) is 23.7. The molecule has 0 spiro atoms. The molecule has 0 saturated heterocycles. The lowest BCUT2D eigenvalue weighted by molar-refractivity contribution is 0.598. The van der Waals surface area contributed by atoms with Crippen LogP contribution < -0.4 is 10.9 Å². The van der Waals surface area contributed by atoms with Crippen LogP contribution in [-0.2, 0) is 5.41 Å². The third-order valence-electron chi connectivity index (χ3n) is 10.5. The molecule has 3 aliphatic rings. The van der Waals surface area contributed by atoms with E-state index in [9.17, 15) is 0 Å². The summed E-state index contributed by atoms with van der Waals surface area (Å²) in [6.07, 6.45) is 0. The van der Waals surface area contributed by atoms with Crippen molar-refractivity contribution in [2.24, 2.45) is 0 Å². The molecule has 0 N–H and O–H groups in total. The minimum absolute atomic E-state index is 0.0986. The van der Waals surface area contributed by atoms with E-state index in [0.29, 0.717) is 0 Å². The quantitative estimate of drug-likeness (QED) is 0.187. The Hall–Kier alpha value is -4.82. The molecule has 1 atom stereocenters. The fraction of sp³-hybridized carbons (Fsp3) is 0.100. The monoisotopic (exact) mass is 533 g/mol. The van der Waals surface area contributed by atoms with E-state index in [1.807, 2.05) is 0 Å². The van der Waals surface area contributed by atoms with Crippen LogP contribution in [0.1, 0.15) is 47.6 Å².